The standard InChI is InChI=1S/C13H17N3/c14-6-1-13-5-10-16(11-13)9-4-12-2-7-15-8-3-12/h2-3,5,7-8,10-11H,1,4,6,9,14H2. The Labute approximate surface area is 95.9 Å². The maximum atomic E-state index is 5.52. The topological polar surface area (TPSA) is 43.8 Å². The Morgan fingerprint density at radius 3 is 2.62 bits per heavy atom. The van der Waals surface area contributed by atoms with Gasteiger partial charge in [0.1, 0.15) is 0 Å². The highest BCUT2D eigenvalue weighted by molar-refractivity contribution is 5.12. The number of rotatable bonds is 5. The lowest BCUT2D eigenvalue weighted by Crippen LogP contribution is -2.02. The summed E-state index contributed by atoms with van der Waals surface area (Å²) < 4.78 is 2.21. The van der Waals surface area contributed by atoms with E-state index < -0.39 is 0 Å². The van der Waals surface area contributed by atoms with E-state index in [2.05, 4.69) is 40.1 Å². The maximum absolute atomic E-state index is 5.52. The van der Waals surface area contributed by atoms with Gasteiger partial charge in [0.05, 0.1) is 0 Å². The van der Waals surface area contributed by atoms with Gasteiger partial charge in [0.2, 0.25) is 0 Å². The van der Waals surface area contributed by atoms with Crippen molar-refractivity contribution in [1.29, 1.82) is 0 Å². The van der Waals surface area contributed by atoms with Crippen LogP contribution in [0.3, 0.4) is 0 Å². The van der Waals surface area contributed by atoms with Gasteiger partial charge in [-0.15, -0.1) is 0 Å². The molecule has 2 rings (SSSR count). The molecule has 0 unspecified atom stereocenters. The molecule has 0 radical (unpaired) electrons. The minimum Gasteiger partial charge on any atom is -0.354 e. The third-order valence-corrected chi connectivity index (χ3v) is 2.65. The highest BCUT2D eigenvalue weighted by Gasteiger charge is 1.97. The lowest BCUT2D eigenvalue weighted by Gasteiger charge is -2.02. The molecular weight excluding hydrogens is 198 g/mol. The Kier molecular flexibility index (Phi) is 3.72. The SMILES string of the molecule is NCCc1ccn(CCc2ccncc2)c1. The van der Waals surface area contributed by atoms with Crippen molar-refractivity contribution in [2.45, 2.75) is 19.4 Å². The number of hydrogen-bond donors (Lipinski definition) is 1. The Morgan fingerprint density at radius 1 is 1.06 bits per heavy atom. The summed E-state index contributed by atoms with van der Waals surface area (Å²) in [6.45, 7) is 1.73. The van der Waals surface area contributed by atoms with Crippen molar-refractivity contribution in [3.8, 4) is 0 Å². The zero-order chi connectivity index (χ0) is 11.2. The quantitative estimate of drug-likeness (QED) is 0.823. The summed E-state index contributed by atoms with van der Waals surface area (Å²) in [5.41, 5.74) is 8.16. The minimum absolute atomic E-state index is 0.717. The fourth-order valence-electron chi connectivity index (χ4n) is 1.75. The van der Waals surface area contributed by atoms with Gasteiger partial charge in [0.25, 0.3) is 0 Å². The molecule has 2 heterocycles. The van der Waals surface area contributed by atoms with Gasteiger partial charge in [-0.05, 0) is 48.7 Å². The molecule has 0 atom stereocenters. The van der Waals surface area contributed by atoms with Crippen molar-refractivity contribution in [3.05, 3.63) is 54.1 Å². The first kappa shape index (κ1) is 10.9. The van der Waals surface area contributed by atoms with Crippen LogP contribution >= 0.6 is 0 Å². The fraction of sp³-hybridized carbons (Fsp3) is 0.308. The minimum atomic E-state index is 0.717. The van der Waals surface area contributed by atoms with E-state index in [9.17, 15) is 0 Å². The van der Waals surface area contributed by atoms with Crippen molar-refractivity contribution in [2.75, 3.05) is 6.54 Å². The molecule has 0 aromatic carbocycles. The molecule has 0 spiro atoms. The highest BCUT2D eigenvalue weighted by atomic mass is 14.9. The number of hydrogen-bond acceptors (Lipinski definition) is 2. The van der Waals surface area contributed by atoms with E-state index in [1.165, 1.54) is 11.1 Å². The third kappa shape index (κ3) is 2.94. The molecular formula is C13H17N3. The smallest absolute Gasteiger partial charge is 0.0270 e. The van der Waals surface area contributed by atoms with E-state index in [-0.39, 0.29) is 0 Å². The molecule has 0 amide bonds. The zero-order valence-corrected chi connectivity index (χ0v) is 9.34. The van der Waals surface area contributed by atoms with Crippen LogP contribution in [0.5, 0.6) is 0 Å². The Hall–Kier alpha value is -1.61. The first-order valence-corrected chi connectivity index (χ1v) is 5.62. The molecule has 3 heteroatoms. The Morgan fingerprint density at radius 2 is 1.88 bits per heavy atom. The van der Waals surface area contributed by atoms with E-state index in [4.69, 9.17) is 5.73 Å². The summed E-state index contributed by atoms with van der Waals surface area (Å²) in [5.74, 6) is 0. The molecule has 0 bridgehead atoms. The molecule has 0 saturated carbocycles. The lowest BCUT2D eigenvalue weighted by molar-refractivity contribution is 0.698. The van der Waals surface area contributed by atoms with Crippen LogP contribution in [0.4, 0.5) is 0 Å². The summed E-state index contributed by atoms with van der Waals surface area (Å²) in [5, 5.41) is 0. The maximum Gasteiger partial charge on any atom is 0.0270 e. The van der Waals surface area contributed by atoms with Crippen LogP contribution < -0.4 is 5.73 Å². The molecule has 0 aliphatic heterocycles. The van der Waals surface area contributed by atoms with Gasteiger partial charge in [0, 0.05) is 31.3 Å². The molecule has 0 aliphatic carbocycles. The molecule has 16 heavy (non-hydrogen) atoms. The molecule has 3 nitrogen and oxygen atoms in total. The summed E-state index contributed by atoms with van der Waals surface area (Å²) in [7, 11) is 0. The highest BCUT2D eigenvalue weighted by Crippen LogP contribution is 2.04. The molecule has 0 saturated heterocycles. The van der Waals surface area contributed by atoms with E-state index in [0.717, 1.165) is 19.4 Å². The number of pyridine rings is 1. The second-order valence-electron chi connectivity index (χ2n) is 3.90. The Balaban J connectivity index is 1.89. The van der Waals surface area contributed by atoms with Crippen LogP contribution in [-0.4, -0.2) is 16.1 Å². The van der Waals surface area contributed by atoms with Crippen molar-refractivity contribution in [3.63, 3.8) is 0 Å². The van der Waals surface area contributed by atoms with Gasteiger partial charge in [-0.1, -0.05) is 0 Å². The average molecular weight is 215 g/mol. The first-order chi connectivity index (χ1) is 7.88. The van der Waals surface area contributed by atoms with Crippen LogP contribution in [0.15, 0.2) is 43.0 Å². The first-order valence-electron chi connectivity index (χ1n) is 5.62. The van der Waals surface area contributed by atoms with Gasteiger partial charge in [-0.3, -0.25) is 4.98 Å². The van der Waals surface area contributed by atoms with Gasteiger partial charge in [0.15, 0.2) is 0 Å². The normalized spacial score (nSPS) is 10.6. The third-order valence-electron chi connectivity index (χ3n) is 2.65. The molecule has 2 aromatic heterocycles. The van der Waals surface area contributed by atoms with Crippen molar-refractivity contribution >= 4 is 0 Å². The number of nitrogens with zero attached hydrogens (tertiary/aromatic N) is 2. The average Bonchev–Trinajstić information content (AvgIpc) is 2.76. The van der Waals surface area contributed by atoms with Crippen molar-refractivity contribution < 1.29 is 0 Å². The van der Waals surface area contributed by atoms with Crippen molar-refractivity contribution in [1.82, 2.24) is 9.55 Å². The fourth-order valence-corrected chi connectivity index (χ4v) is 1.75. The number of aryl methyl sites for hydroxylation is 2. The molecule has 0 aliphatic rings. The summed E-state index contributed by atoms with van der Waals surface area (Å²) in [6.07, 6.45) is 9.97. The predicted molar refractivity (Wildman–Crippen MR) is 65.1 cm³/mol. The van der Waals surface area contributed by atoms with Gasteiger partial charge in [-0.25, -0.2) is 0 Å². The van der Waals surface area contributed by atoms with Gasteiger partial charge < -0.3 is 10.3 Å². The molecule has 84 valence electrons. The van der Waals surface area contributed by atoms with Crippen molar-refractivity contribution in [2.24, 2.45) is 5.73 Å². The monoisotopic (exact) mass is 215 g/mol. The zero-order valence-electron chi connectivity index (χ0n) is 9.34. The van der Waals surface area contributed by atoms with Crippen LogP contribution in [0, 0.1) is 0 Å². The number of nitrogens with two attached hydrogens (primary N) is 1. The second-order valence-corrected chi connectivity index (χ2v) is 3.90. The van der Waals surface area contributed by atoms with E-state index in [0.29, 0.717) is 6.54 Å². The second kappa shape index (κ2) is 5.47. The van der Waals surface area contributed by atoms with Gasteiger partial charge >= 0.3 is 0 Å². The number of aromatic nitrogens is 2. The molecule has 0 fully saturated rings. The summed E-state index contributed by atoms with van der Waals surface area (Å²) in [4.78, 5) is 4.01. The van der Waals surface area contributed by atoms with Crippen LogP contribution in [0.2, 0.25) is 0 Å². The van der Waals surface area contributed by atoms with E-state index in [1.54, 1.807) is 0 Å². The molecule has 2 aromatic rings. The van der Waals surface area contributed by atoms with E-state index >= 15 is 0 Å². The summed E-state index contributed by atoms with van der Waals surface area (Å²) in [6, 6.07) is 6.26. The lowest BCUT2D eigenvalue weighted by atomic mass is 10.2. The summed E-state index contributed by atoms with van der Waals surface area (Å²) >= 11 is 0. The van der Waals surface area contributed by atoms with Crippen LogP contribution in [0.1, 0.15) is 11.1 Å². The van der Waals surface area contributed by atoms with Gasteiger partial charge in [-0.2, -0.15) is 0 Å². The Bertz CT molecular complexity index is 420. The van der Waals surface area contributed by atoms with Crippen LogP contribution in [-0.2, 0) is 19.4 Å². The van der Waals surface area contributed by atoms with Crippen LogP contribution in [0.25, 0.3) is 0 Å². The van der Waals surface area contributed by atoms with E-state index in [1.807, 2.05) is 12.4 Å². The largest absolute Gasteiger partial charge is 0.354 e. The molecule has 2 N–H and O–H groups in total. The predicted octanol–water partition coefficient (Wildman–Crippen LogP) is 1.63.